The molecule has 1 aliphatic carbocycles. The standard InChI is InChI=1S/C20H25N/c1-3-21-20(19-9-4-6-15(2)14-19)18-12-10-17(11-13-18)16-7-5-8-16/h4,6,9-14,16,20-21H,3,5,7-8H2,1-2H3. The van der Waals surface area contributed by atoms with Gasteiger partial charge in [-0.3, -0.25) is 0 Å². The highest BCUT2D eigenvalue weighted by Gasteiger charge is 2.20. The minimum absolute atomic E-state index is 0.297. The van der Waals surface area contributed by atoms with E-state index in [0.717, 1.165) is 12.5 Å². The van der Waals surface area contributed by atoms with E-state index in [1.807, 2.05) is 0 Å². The fourth-order valence-electron chi connectivity index (χ4n) is 3.18. The third-order valence-electron chi connectivity index (χ3n) is 4.63. The van der Waals surface area contributed by atoms with Gasteiger partial charge in [0, 0.05) is 0 Å². The summed E-state index contributed by atoms with van der Waals surface area (Å²) in [7, 11) is 0. The number of hydrogen-bond donors (Lipinski definition) is 1. The monoisotopic (exact) mass is 279 g/mol. The zero-order chi connectivity index (χ0) is 14.7. The molecule has 1 N–H and O–H groups in total. The van der Waals surface area contributed by atoms with Crippen LogP contribution < -0.4 is 5.32 Å². The van der Waals surface area contributed by atoms with Crippen LogP contribution in [-0.4, -0.2) is 6.54 Å². The Morgan fingerprint density at radius 3 is 2.38 bits per heavy atom. The van der Waals surface area contributed by atoms with Gasteiger partial charge in [0.15, 0.2) is 0 Å². The van der Waals surface area contributed by atoms with Crippen molar-refractivity contribution in [1.82, 2.24) is 5.32 Å². The van der Waals surface area contributed by atoms with E-state index in [1.54, 1.807) is 0 Å². The van der Waals surface area contributed by atoms with Gasteiger partial charge in [0.1, 0.15) is 0 Å². The van der Waals surface area contributed by atoms with Gasteiger partial charge in [-0.2, -0.15) is 0 Å². The fourth-order valence-corrected chi connectivity index (χ4v) is 3.18. The van der Waals surface area contributed by atoms with E-state index in [2.05, 4.69) is 67.7 Å². The van der Waals surface area contributed by atoms with Crippen molar-refractivity contribution in [2.24, 2.45) is 0 Å². The summed E-state index contributed by atoms with van der Waals surface area (Å²) in [6.07, 6.45) is 4.14. The summed E-state index contributed by atoms with van der Waals surface area (Å²) < 4.78 is 0. The number of nitrogens with one attached hydrogen (secondary N) is 1. The lowest BCUT2D eigenvalue weighted by atomic mass is 9.79. The first-order valence-electron chi connectivity index (χ1n) is 8.17. The van der Waals surface area contributed by atoms with Crippen LogP contribution in [0.4, 0.5) is 0 Å². The minimum Gasteiger partial charge on any atom is -0.307 e. The maximum absolute atomic E-state index is 3.62. The SMILES string of the molecule is CCNC(c1ccc(C2CCC2)cc1)c1cccc(C)c1. The summed E-state index contributed by atoms with van der Waals surface area (Å²) in [6, 6.07) is 18.4. The Kier molecular flexibility index (Phi) is 4.40. The molecular weight excluding hydrogens is 254 g/mol. The van der Waals surface area contributed by atoms with Crippen LogP contribution in [0.5, 0.6) is 0 Å². The van der Waals surface area contributed by atoms with E-state index in [9.17, 15) is 0 Å². The molecule has 0 saturated heterocycles. The summed E-state index contributed by atoms with van der Waals surface area (Å²) in [6.45, 7) is 5.31. The minimum atomic E-state index is 0.297. The van der Waals surface area contributed by atoms with Crippen molar-refractivity contribution in [3.8, 4) is 0 Å². The molecule has 1 fully saturated rings. The van der Waals surface area contributed by atoms with Crippen LogP contribution in [0.1, 0.15) is 60.4 Å². The van der Waals surface area contributed by atoms with Crippen molar-refractivity contribution in [1.29, 1.82) is 0 Å². The molecule has 2 aromatic rings. The molecule has 21 heavy (non-hydrogen) atoms. The Labute approximate surface area is 128 Å². The summed E-state index contributed by atoms with van der Waals surface area (Å²) in [5.41, 5.74) is 5.56. The largest absolute Gasteiger partial charge is 0.307 e. The number of aryl methyl sites for hydroxylation is 1. The first-order valence-corrected chi connectivity index (χ1v) is 8.17. The second-order valence-electron chi connectivity index (χ2n) is 6.20. The predicted molar refractivity (Wildman–Crippen MR) is 89.7 cm³/mol. The zero-order valence-corrected chi connectivity index (χ0v) is 13.1. The van der Waals surface area contributed by atoms with Crippen molar-refractivity contribution in [3.05, 3.63) is 70.8 Å². The lowest BCUT2D eigenvalue weighted by Gasteiger charge is -2.26. The Morgan fingerprint density at radius 1 is 1.05 bits per heavy atom. The molecule has 0 radical (unpaired) electrons. The molecule has 0 spiro atoms. The molecule has 1 nitrogen and oxygen atoms in total. The molecule has 110 valence electrons. The van der Waals surface area contributed by atoms with Gasteiger partial charge in [0.05, 0.1) is 6.04 Å². The molecule has 1 heteroatoms. The van der Waals surface area contributed by atoms with E-state index < -0.39 is 0 Å². The summed E-state index contributed by atoms with van der Waals surface area (Å²) in [5.74, 6) is 0.815. The average Bonchev–Trinajstić information content (AvgIpc) is 2.44. The summed E-state index contributed by atoms with van der Waals surface area (Å²) in [5, 5.41) is 3.62. The van der Waals surface area contributed by atoms with Crippen molar-refractivity contribution in [3.63, 3.8) is 0 Å². The van der Waals surface area contributed by atoms with Gasteiger partial charge in [-0.05, 0) is 48.9 Å². The van der Waals surface area contributed by atoms with Crippen LogP contribution >= 0.6 is 0 Å². The molecule has 1 unspecified atom stereocenters. The van der Waals surface area contributed by atoms with E-state index >= 15 is 0 Å². The molecule has 0 bridgehead atoms. The van der Waals surface area contributed by atoms with Crippen LogP contribution in [0.3, 0.4) is 0 Å². The molecule has 0 heterocycles. The smallest absolute Gasteiger partial charge is 0.0576 e. The lowest BCUT2D eigenvalue weighted by molar-refractivity contribution is 0.419. The number of rotatable bonds is 5. The van der Waals surface area contributed by atoms with Crippen LogP contribution in [0.2, 0.25) is 0 Å². The predicted octanol–water partition coefficient (Wildman–Crippen LogP) is 4.96. The van der Waals surface area contributed by atoms with E-state index in [4.69, 9.17) is 0 Å². The number of hydrogen-bond acceptors (Lipinski definition) is 1. The van der Waals surface area contributed by atoms with Crippen LogP contribution in [0, 0.1) is 6.92 Å². The van der Waals surface area contributed by atoms with Gasteiger partial charge in [-0.1, -0.05) is 67.4 Å². The lowest BCUT2D eigenvalue weighted by Crippen LogP contribution is -2.22. The number of benzene rings is 2. The maximum Gasteiger partial charge on any atom is 0.0576 e. The zero-order valence-electron chi connectivity index (χ0n) is 13.1. The molecule has 1 atom stereocenters. The molecular formula is C20H25N. The molecule has 0 amide bonds. The topological polar surface area (TPSA) is 12.0 Å². The molecule has 1 saturated carbocycles. The highest BCUT2D eigenvalue weighted by atomic mass is 14.9. The summed E-state index contributed by atoms with van der Waals surface area (Å²) in [4.78, 5) is 0. The molecule has 1 aliphatic rings. The van der Waals surface area contributed by atoms with Gasteiger partial charge in [0.25, 0.3) is 0 Å². The van der Waals surface area contributed by atoms with Crippen LogP contribution in [0.25, 0.3) is 0 Å². The highest BCUT2D eigenvalue weighted by Crippen LogP contribution is 2.36. The first kappa shape index (κ1) is 14.3. The average molecular weight is 279 g/mol. The Hall–Kier alpha value is -1.60. The van der Waals surface area contributed by atoms with Crippen molar-refractivity contribution >= 4 is 0 Å². The van der Waals surface area contributed by atoms with Crippen LogP contribution in [-0.2, 0) is 0 Å². The van der Waals surface area contributed by atoms with E-state index in [1.165, 1.54) is 41.5 Å². The van der Waals surface area contributed by atoms with Gasteiger partial charge >= 0.3 is 0 Å². The third-order valence-corrected chi connectivity index (χ3v) is 4.63. The van der Waals surface area contributed by atoms with Crippen LogP contribution in [0.15, 0.2) is 48.5 Å². The normalized spacial score (nSPS) is 16.5. The second kappa shape index (κ2) is 6.44. The third kappa shape index (κ3) is 3.19. The molecule has 3 rings (SSSR count). The van der Waals surface area contributed by atoms with Gasteiger partial charge in [-0.25, -0.2) is 0 Å². The first-order chi connectivity index (χ1) is 10.3. The van der Waals surface area contributed by atoms with Crippen molar-refractivity contribution in [2.45, 2.75) is 45.1 Å². The Bertz CT molecular complexity index is 581. The second-order valence-corrected chi connectivity index (χ2v) is 6.20. The summed E-state index contributed by atoms with van der Waals surface area (Å²) >= 11 is 0. The molecule has 0 aliphatic heterocycles. The molecule has 2 aromatic carbocycles. The maximum atomic E-state index is 3.62. The molecule has 0 aromatic heterocycles. The van der Waals surface area contributed by atoms with E-state index in [-0.39, 0.29) is 0 Å². The Balaban J connectivity index is 1.86. The highest BCUT2D eigenvalue weighted by molar-refractivity contribution is 5.36. The van der Waals surface area contributed by atoms with Crippen molar-refractivity contribution in [2.75, 3.05) is 6.54 Å². The Morgan fingerprint density at radius 2 is 1.81 bits per heavy atom. The van der Waals surface area contributed by atoms with Gasteiger partial charge in [0.2, 0.25) is 0 Å². The van der Waals surface area contributed by atoms with Gasteiger partial charge in [-0.15, -0.1) is 0 Å². The fraction of sp³-hybridized carbons (Fsp3) is 0.400. The van der Waals surface area contributed by atoms with Gasteiger partial charge < -0.3 is 5.32 Å². The quantitative estimate of drug-likeness (QED) is 0.815. The van der Waals surface area contributed by atoms with E-state index in [0.29, 0.717) is 6.04 Å². The van der Waals surface area contributed by atoms with Crippen molar-refractivity contribution < 1.29 is 0 Å².